The molecule has 10 heteroatoms. The fourth-order valence-electron chi connectivity index (χ4n) is 2.20. The smallest absolute Gasteiger partial charge is 0.446 e. The largest absolute Gasteiger partial charge is 0.482 e. The Morgan fingerprint density at radius 2 is 1.92 bits per heavy atom. The van der Waals surface area contributed by atoms with Crippen LogP contribution in [-0.4, -0.2) is 23.9 Å². The van der Waals surface area contributed by atoms with Crippen molar-refractivity contribution in [3.63, 3.8) is 0 Å². The number of thioether (sulfide) groups is 1. The number of hydrogen-bond acceptors (Lipinski definition) is 4. The third kappa shape index (κ3) is 4.41. The maximum Gasteiger partial charge on any atom is 0.446 e. The Balaban J connectivity index is 1.75. The number of amides is 2. The van der Waals surface area contributed by atoms with Gasteiger partial charge in [0.1, 0.15) is 5.75 Å². The van der Waals surface area contributed by atoms with Gasteiger partial charge >= 0.3 is 5.51 Å². The number of halogens is 4. The first-order chi connectivity index (χ1) is 12.2. The lowest BCUT2D eigenvalue weighted by Crippen LogP contribution is -2.25. The molecule has 0 saturated heterocycles. The topological polar surface area (TPSA) is 67.4 Å². The van der Waals surface area contributed by atoms with E-state index in [0.29, 0.717) is 11.4 Å². The summed E-state index contributed by atoms with van der Waals surface area (Å²) < 4.78 is 42.2. The van der Waals surface area contributed by atoms with Crippen LogP contribution in [0.15, 0.2) is 41.3 Å². The number of rotatable bonds is 3. The van der Waals surface area contributed by atoms with E-state index in [1.807, 2.05) is 0 Å². The van der Waals surface area contributed by atoms with Gasteiger partial charge in [0.05, 0.1) is 16.4 Å². The summed E-state index contributed by atoms with van der Waals surface area (Å²) in [6.07, 6.45) is 0. The highest BCUT2D eigenvalue weighted by atomic mass is 35.5. The number of alkyl halides is 3. The zero-order chi connectivity index (χ0) is 18.9. The molecule has 0 aromatic heterocycles. The molecule has 26 heavy (non-hydrogen) atoms. The molecule has 1 aliphatic heterocycles. The van der Waals surface area contributed by atoms with Gasteiger partial charge in [0, 0.05) is 16.5 Å². The Labute approximate surface area is 154 Å². The van der Waals surface area contributed by atoms with Crippen molar-refractivity contribution in [2.24, 2.45) is 0 Å². The third-order valence-corrected chi connectivity index (χ3v) is 4.35. The molecule has 2 amide bonds. The molecule has 2 N–H and O–H groups in total. The van der Waals surface area contributed by atoms with Gasteiger partial charge in [0.2, 0.25) is 0 Å². The summed E-state index contributed by atoms with van der Waals surface area (Å²) >= 11 is 5.83. The molecular weight excluding hydrogens is 393 g/mol. The van der Waals surface area contributed by atoms with Crippen LogP contribution >= 0.6 is 23.4 Å². The van der Waals surface area contributed by atoms with Crippen LogP contribution in [-0.2, 0) is 4.79 Å². The molecular formula is C16H10ClF3N2O3S. The first-order valence-corrected chi connectivity index (χ1v) is 8.34. The molecule has 0 atom stereocenters. The van der Waals surface area contributed by atoms with Crippen LogP contribution < -0.4 is 15.4 Å². The summed E-state index contributed by atoms with van der Waals surface area (Å²) in [6, 6.07) is 7.88. The van der Waals surface area contributed by atoms with Gasteiger partial charge < -0.3 is 15.4 Å². The highest BCUT2D eigenvalue weighted by Crippen LogP contribution is 2.38. The average Bonchev–Trinajstić information content (AvgIpc) is 2.55. The molecule has 0 radical (unpaired) electrons. The minimum Gasteiger partial charge on any atom is -0.482 e. The quantitative estimate of drug-likeness (QED) is 0.740. The molecule has 5 nitrogen and oxygen atoms in total. The van der Waals surface area contributed by atoms with Crippen LogP contribution in [0.2, 0.25) is 5.02 Å². The number of hydrogen-bond donors (Lipinski definition) is 2. The van der Waals surface area contributed by atoms with E-state index in [4.69, 9.17) is 16.3 Å². The zero-order valence-electron chi connectivity index (χ0n) is 12.8. The number of benzene rings is 2. The predicted octanol–water partition coefficient (Wildman–Crippen LogP) is 4.54. The van der Waals surface area contributed by atoms with Crippen molar-refractivity contribution in [2.75, 3.05) is 17.2 Å². The standard InChI is InChI=1S/C16H10ClF3N2O3S/c17-10-5-12-13(25-7-14(23)21-12)6-11(10)22-15(24)8-1-3-9(4-2-8)26-16(18,19)20/h1-6H,7H2,(H,21,23)(H,22,24). The van der Waals surface area contributed by atoms with Crippen molar-refractivity contribution in [2.45, 2.75) is 10.4 Å². The number of ether oxygens (including phenoxy) is 1. The fraction of sp³-hybridized carbons (Fsp3) is 0.125. The monoisotopic (exact) mass is 402 g/mol. The number of anilines is 2. The van der Waals surface area contributed by atoms with Crippen LogP contribution in [0, 0.1) is 0 Å². The number of carbonyl (C=O) groups is 2. The van der Waals surface area contributed by atoms with Crippen molar-refractivity contribution in [3.05, 3.63) is 47.0 Å². The van der Waals surface area contributed by atoms with Crippen molar-refractivity contribution >= 4 is 46.6 Å². The van der Waals surface area contributed by atoms with Crippen LogP contribution in [0.1, 0.15) is 10.4 Å². The second-order valence-corrected chi connectivity index (χ2v) is 6.74. The van der Waals surface area contributed by atoms with E-state index in [1.165, 1.54) is 36.4 Å². The van der Waals surface area contributed by atoms with E-state index in [1.54, 1.807) is 0 Å². The Kier molecular flexibility index (Phi) is 5.01. The molecule has 0 spiro atoms. The van der Waals surface area contributed by atoms with E-state index >= 15 is 0 Å². The Bertz CT molecular complexity index is 872. The number of nitrogens with one attached hydrogen (secondary N) is 2. The molecule has 0 unspecified atom stereocenters. The van der Waals surface area contributed by atoms with E-state index in [2.05, 4.69) is 10.6 Å². The molecule has 0 fully saturated rings. The molecule has 3 rings (SSSR count). The summed E-state index contributed by atoms with van der Waals surface area (Å²) in [5, 5.41) is 5.32. The van der Waals surface area contributed by atoms with Gasteiger partial charge in [-0.2, -0.15) is 13.2 Å². The second kappa shape index (κ2) is 7.08. The van der Waals surface area contributed by atoms with Gasteiger partial charge in [0.25, 0.3) is 11.8 Å². The zero-order valence-corrected chi connectivity index (χ0v) is 14.4. The highest BCUT2D eigenvalue weighted by molar-refractivity contribution is 8.00. The Morgan fingerprint density at radius 1 is 1.23 bits per heavy atom. The SMILES string of the molecule is O=C1COc2cc(NC(=O)c3ccc(SC(F)(F)F)cc3)c(Cl)cc2N1. The second-order valence-electron chi connectivity index (χ2n) is 5.19. The van der Waals surface area contributed by atoms with Crippen LogP contribution in [0.3, 0.4) is 0 Å². The van der Waals surface area contributed by atoms with Gasteiger partial charge in [-0.25, -0.2) is 0 Å². The summed E-state index contributed by atoms with van der Waals surface area (Å²) in [7, 11) is 0. The molecule has 136 valence electrons. The van der Waals surface area contributed by atoms with Crippen molar-refractivity contribution in [1.82, 2.24) is 0 Å². The predicted molar refractivity (Wildman–Crippen MR) is 91.9 cm³/mol. The third-order valence-electron chi connectivity index (χ3n) is 3.30. The van der Waals surface area contributed by atoms with Crippen molar-refractivity contribution in [3.8, 4) is 5.75 Å². The molecule has 0 bridgehead atoms. The fourth-order valence-corrected chi connectivity index (χ4v) is 2.95. The van der Waals surface area contributed by atoms with Gasteiger partial charge in [0.15, 0.2) is 6.61 Å². The average molecular weight is 403 g/mol. The summed E-state index contributed by atoms with van der Waals surface area (Å²) in [5.74, 6) is -0.515. The van der Waals surface area contributed by atoms with E-state index in [-0.39, 0.29) is 45.4 Å². The maximum atomic E-state index is 12.3. The van der Waals surface area contributed by atoms with E-state index in [0.717, 1.165) is 0 Å². The summed E-state index contributed by atoms with van der Waals surface area (Å²) in [4.78, 5) is 23.5. The lowest BCUT2D eigenvalue weighted by atomic mass is 10.2. The van der Waals surface area contributed by atoms with Gasteiger partial charge in [-0.05, 0) is 42.1 Å². The number of carbonyl (C=O) groups excluding carboxylic acids is 2. The van der Waals surface area contributed by atoms with Gasteiger partial charge in [-0.1, -0.05) is 11.6 Å². The minimum absolute atomic E-state index is 0.0231. The minimum atomic E-state index is -4.39. The van der Waals surface area contributed by atoms with E-state index in [9.17, 15) is 22.8 Å². The van der Waals surface area contributed by atoms with Gasteiger partial charge in [-0.15, -0.1) is 0 Å². The molecule has 1 aliphatic rings. The highest BCUT2D eigenvalue weighted by Gasteiger charge is 2.29. The summed E-state index contributed by atoms with van der Waals surface area (Å²) in [5.41, 5.74) is -3.59. The first-order valence-electron chi connectivity index (χ1n) is 7.14. The Hall–Kier alpha value is -2.39. The van der Waals surface area contributed by atoms with Crippen LogP contribution in [0.4, 0.5) is 24.5 Å². The lowest BCUT2D eigenvalue weighted by Gasteiger charge is -2.19. The first kappa shape index (κ1) is 18.4. The number of fused-ring (bicyclic) bond motifs is 1. The maximum absolute atomic E-state index is 12.3. The molecule has 2 aromatic carbocycles. The summed E-state index contributed by atoms with van der Waals surface area (Å²) in [6.45, 7) is -0.152. The van der Waals surface area contributed by atoms with E-state index < -0.39 is 11.4 Å². The van der Waals surface area contributed by atoms with Crippen molar-refractivity contribution in [1.29, 1.82) is 0 Å². The molecule has 1 heterocycles. The molecule has 0 aliphatic carbocycles. The van der Waals surface area contributed by atoms with Crippen LogP contribution in [0.25, 0.3) is 0 Å². The van der Waals surface area contributed by atoms with Crippen molar-refractivity contribution < 1.29 is 27.5 Å². The van der Waals surface area contributed by atoms with Gasteiger partial charge in [-0.3, -0.25) is 9.59 Å². The normalized spacial score (nSPS) is 13.5. The molecule has 2 aromatic rings. The molecule has 0 saturated carbocycles. The lowest BCUT2D eigenvalue weighted by molar-refractivity contribution is -0.118. The Morgan fingerprint density at radius 3 is 2.58 bits per heavy atom. The van der Waals surface area contributed by atoms with Crippen LogP contribution in [0.5, 0.6) is 5.75 Å².